The monoisotopic (exact) mass is 404 g/mol. The van der Waals surface area contributed by atoms with Crippen molar-refractivity contribution in [2.24, 2.45) is 0 Å². The summed E-state index contributed by atoms with van der Waals surface area (Å²) in [6, 6.07) is 12.2. The third kappa shape index (κ3) is 2.83. The molecule has 10 heteroatoms. The van der Waals surface area contributed by atoms with Crippen LogP contribution in [0.4, 0.5) is 28.4 Å². The highest BCUT2D eigenvalue weighted by molar-refractivity contribution is 6.31. The number of fused-ring (bicyclic) bond motifs is 2. The van der Waals surface area contributed by atoms with Crippen LogP contribution in [-0.2, 0) is 0 Å². The summed E-state index contributed by atoms with van der Waals surface area (Å²) in [5.41, 5.74) is 5.53. The van der Waals surface area contributed by atoms with Crippen LogP contribution in [0.2, 0.25) is 0 Å². The molecule has 0 saturated heterocycles. The highest BCUT2D eigenvalue weighted by Gasteiger charge is 2.33. The lowest BCUT2D eigenvalue weighted by atomic mass is 9.82. The molecule has 10 nitrogen and oxygen atoms in total. The molecule has 4 rings (SSSR count). The Morgan fingerprint density at radius 1 is 0.767 bits per heavy atom. The van der Waals surface area contributed by atoms with Gasteiger partial charge in [0.2, 0.25) is 0 Å². The first kappa shape index (κ1) is 18.7. The predicted molar refractivity (Wildman–Crippen MR) is 107 cm³/mol. The molecule has 0 saturated carbocycles. The Kier molecular flexibility index (Phi) is 4.24. The number of anilines is 3. The van der Waals surface area contributed by atoms with E-state index in [0.29, 0.717) is 0 Å². The molecule has 3 aromatic carbocycles. The van der Waals surface area contributed by atoms with Crippen LogP contribution in [0.1, 0.15) is 31.8 Å². The van der Waals surface area contributed by atoms with Crippen molar-refractivity contribution in [3.8, 4) is 0 Å². The van der Waals surface area contributed by atoms with Crippen LogP contribution < -0.4 is 11.1 Å². The maximum atomic E-state index is 13.1. The van der Waals surface area contributed by atoms with Gasteiger partial charge >= 0.3 is 0 Å². The molecule has 0 aliphatic heterocycles. The Bertz CT molecular complexity index is 1280. The van der Waals surface area contributed by atoms with Gasteiger partial charge in [0, 0.05) is 22.9 Å². The van der Waals surface area contributed by atoms with Crippen molar-refractivity contribution < 1.29 is 19.4 Å². The lowest BCUT2D eigenvalue weighted by molar-refractivity contribution is -0.393. The van der Waals surface area contributed by atoms with E-state index in [2.05, 4.69) is 5.32 Å². The fourth-order valence-electron chi connectivity index (χ4n) is 3.39. The zero-order chi connectivity index (χ0) is 21.6. The van der Waals surface area contributed by atoms with Crippen LogP contribution in [0.5, 0.6) is 0 Å². The van der Waals surface area contributed by atoms with E-state index in [4.69, 9.17) is 5.73 Å². The van der Waals surface area contributed by atoms with E-state index < -0.39 is 32.8 Å². The van der Waals surface area contributed by atoms with Crippen molar-refractivity contribution >= 4 is 40.0 Å². The quantitative estimate of drug-likeness (QED) is 0.296. The number of nitrogens with zero attached hydrogens (tertiary/aromatic N) is 2. The normalized spacial score (nSPS) is 12.1. The standard InChI is InChI=1S/C20H12N4O6/c21-13-6-8-15(22-14-7-5-10(23(27)28)9-16(14)24(29)30)18-17(13)19(25)11-3-1-2-4-12(11)20(18)26/h1-9,22H,21H2. The van der Waals surface area contributed by atoms with E-state index in [1.165, 1.54) is 30.3 Å². The molecule has 0 atom stereocenters. The molecule has 1 aliphatic carbocycles. The lowest BCUT2D eigenvalue weighted by Gasteiger charge is -2.22. The van der Waals surface area contributed by atoms with Crippen molar-refractivity contribution in [1.82, 2.24) is 0 Å². The summed E-state index contributed by atoms with van der Waals surface area (Å²) in [6.07, 6.45) is 0. The van der Waals surface area contributed by atoms with Gasteiger partial charge in [0.05, 0.1) is 32.7 Å². The molecule has 148 valence electrons. The fraction of sp³-hybridized carbons (Fsp3) is 0. The number of nitrogens with one attached hydrogen (secondary N) is 1. The van der Waals surface area contributed by atoms with Crippen molar-refractivity contribution in [2.75, 3.05) is 11.1 Å². The number of hydrogen-bond acceptors (Lipinski definition) is 8. The number of carbonyl (C=O) groups is 2. The number of hydrogen-bond donors (Lipinski definition) is 2. The van der Waals surface area contributed by atoms with Crippen LogP contribution in [0.25, 0.3) is 0 Å². The summed E-state index contributed by atoms with van der Waals surface area (Å²) >= 11 is 0. The first-order valence-electron chi connectivity index (χ1n) is 8.60. The Balaban J connectivity index is 1.88. The van der Waals surface area contributed by atoms with Crippen molar-refractivity contribution in [2.45, 2.75) is 0 Å². The van der Waals surface area contributed by atoms with E-state index in [9.17, 15) is 29.8 Å². The molecule has 0 fully saturated rings. The number of carbonyl (C=O) groups excluding carboxylic acids is 2. The van der Waals surface area contributed by atoms with Crippen molar-refractivity contribution in [1.29, 1.82) is 0 Å². The molecule has 0 spiro atoms. The minimum Gasteiger partial charge on any atom is -0.398 e. The lowest BCUT2D eigenvalue weighted by Crippen LogP contribution is -2.23. The van der Waals surface area contributed by atoms with Crippen LogP contribution in [0.15, 0.2) is 54.6 Å². The van der Waals surface area contributed by atoms with E-state index in [-0.39, 0.29) is 39.3 Å². The van der Waals surface area contributed by atoms with Crippen LogP contribution in [0.3, 0.4) is 0 Å². The molecule has 0 bridgehead atoms. The molecular formula is C20H12N4O6. The number of ketones is 2. The van der Waals surface area contributed by atoms with E-state index >= 15 is 0 Å². The first-order valence-corrected chi connectivity index (χ1v) is 8.60. The van der Waals surface area contributed by atoms with Gasteiger partial charge in [0.15, 0.2) is 11.6 Å². The van der Waals surface area contributed by atoms with E-state index in [0.717, 1.165) is 12.1 Å². The fourth-order valence-corrected chi connectivity index (χ4v) is 3.39. The number of nitro groups is 2. The summed E-state index contributed by atoms with van der Waals surface area (Å²) < 4.78 is 0. The molecule has 0 heterocycles. The minimum atomic E-state index is -0.776. The van der Waals surface area contributed by atoms with E-state index in [1.807, 2.05) is 0 Å². The van der Waals surface area contributed by atoms with Gasteiger partial charge in [-0.15, -0.1) is 0 Å². The summed E-state index contributed by atoms with van der Waals surface area (Å²) in [5, 5.41) is 25.1. The molecule has 0 amide bonds. The van der Waals surface area contributed by atoms with Gasteiger partial charge in [-0.1, -0.05) is 24.3 Å². The maximum Gasteiger partial charge on any atom is 0.299 e. The first-order chi connectivity index (χ1) is 14.3. The summed E-state index contributed by atoms with van der Waals surface area (Å²) in [4.78, 5) is 46.9. The van der Waals surface area contributed by atoms with Crippen LogP contribution >= 0.6 is 0 Å². The number of benzene rings is 3. The zero-order valence-electron chi connectivity index (χ0n) is 15.1. The second kappa shape index (κ2) is 6.78. The summed E-state index contributed by atoms with van der Waals surface area (Å²) in [7, 11) is 0. The molecule has 30 heavy (non-hydrogen) atoms. The van der Waals surface area contributed by atoms with E-state index in [1.54, 1.807) is 12.1 Å². The van der Waals surface area contributed by atoms with Gasteiger partial charge in [-0.05, 0) is 18.2 Å². The SMILES string of the molecule is Nc1ccc(Nc2ccc([N+](=O)[O-])cc2[N+](=O)[O-])c2c1C(=O)c1ccccc1C2=O. The molecular weight excluding hydrogens is 392 g/mol. The predicted octanol–water partition coefficient (Wildman–Crippen LogP) is 3.60. The number of nitro benzene ring substituents is 2. The van der Waals surface area contributed by atoms with Gasteiger partial charge in [-0.25, -0.2) is 0 Å². The molecule has 0 radical (unpaired) electrons. The molecule has 3 N–H and O–H groups in total. The largest absolute Gasteiger partial charge is 0.398 e. The Morgan fingerprint density at radius 3 is 1.97 bits per heavy atom. The molecule has 0 unspecified atom stereocenters. The Labute approximate surface area is 168 Å². The topological polar surface area (TPSA) is 158 Å². The van der Waals surface area contributed by atoms with Crippen molar-refractivity contribution in [3.63, 3.8) is 0 Å². The average Bonchev–Trinajstić information content (AvgIpc) is 2.73. The summed E-state index contributed by atoms with van der Waals surface area (Å²) in [5.74, 6) is -0.890. The van der Waals surface area contributed by atoms with Gasteiger partial charge in [-0.3, -0.25) is 29.8 Å². The average molecular weight is 404 g/mol. The van der Waals surface area contributed by atoms with Gasteiger partial charge < -0.3 is 11.1 Å². The zero-order valence-corrected chi connectivity index (χ0v) is 15.1. The highest BCUT2D eigenvalue weighted by Crippen LogP contribution is 2.38. The number of non-ortho nitro benzene ring substituents is 1. The second-order valence-electron chi connectivity index (χ2n) is 6.50. The van der Waals surface area contributed by atoms with Gasteiger partial charge in [0.1, 0.15) is 5.69 Å². The molecule has 3 aromatic rings. The minimum absolute atomic E-state index is 0.00765. The van der Waals surface area contributed by atoms with Crippen LogP contribution in [0, 0.1) is 20.2 Å². The molecule has 0 aromatic heterocycles. The molecule has 1 aliphatic rings. The van der Waals surface area contributed by atoms with Gasteiger partial charge in [-0.2, -0.15) is 0 Å². The Morgan fingerprint density at radius 2 is 1.37 bits per heavy atom. The van der Waals surface area contributed by atoms with Gasteiger partial charge in [0.25, 0.3) is 11.4 Å². The van der Waals surface area contributed by atoms with Crippen molar-refractivity contribution in [3.05, 3.63) is 97.1 Å². The number of rotatable bonds is 4. The third-order valence-corrected chi connectivity index (χ3v) is 4.77. The highest BCUT2D eigenvalue weighted by atomic mass is 16.6. The summed E-state index contributed by atoms with van der Waals surface area (Å²) in [6.45, 7) is 0. The number of nitrogen functional groups attached to an aromatic ring is 1. The second-order valence-corrected chi connectivity index (χ2v) is 6.50. The maximum absolute atomic E-state index is 13.1. The smallest absolute Gasteiger partial charge is 0.299 e. The number of nitrogens with two attached hydrogens (primary N) is 1. The Hall–Kier alpha value is -4.60. The van der Waals surface area contributed by atoms with Crippen LogP contribution in [-0.4, -0.2) is 21.4 Å². The third-order valence-electron chi connectivity index (χ3n) is 4.77.